The lowest BCUT2D eigenvalue weighted by molar-refractivity contribution is 0.619. The maximum absolute atomic E-state index is 4.36. The topological polar surface area (TPSA) is 29.9 Å². The van der Waals surface area contributed by atoms with Crippen LogP contribution in [0, 0.1) is 0 Å². The van der Waals surface area contributed by atoms with Crippen LogP contribution in [0.2, 0.25) is 0 Å². The third-order valence-corrected chi connectivity index (χ3v) is 3.85. The Balaban J connectivity index is 2.36. The van der Waals surface area contributed by atoms with Crippen LogP contribution in [0.5, 0.6) is 0 Å². The Labute approximate surface area is 101 Å². The number of aryl methyl sites for hydroxylation is 1. The van der Waals surface area contributed by atoms with E-state index in [0.29, 0.717) is 0 Å². The van der Waals surface area contributed by atoms with Crippen LogP contribution >= 0.6 is 27.3 Å². The van der Waals surface area contributed by atoms with Gasteiger partial charge in [0, 0.05) is 19.4 Å². The third-order valence-electron chi connectivity index (χ3n) is 2.33. The maximum Gasteiger partial charge on any atom is 0.130 e. The monoisotopic (exact) mass is 285 g/mol. The predicted molar refractivity (Wildman–Crippen MR) is 66.1 cm³/mol. The number of hydrogen-bond donors (Lipinski definition) is 1. The molecule has 0 spiro atoms. The Bertz CT molecular complexity index is 449. The van der Waals surface area contributed by atoms with Gasteiger partial charge in [-0.2, -0.15) is 0 Å². The van der Waals surface area contributed by atoms with Crippen molar-refractivity contribution in [2.45, 2.75) is 6.04 Å². The number of thiophene rings is 1. The van der Waals surface area contributed by atoms with Gasteiger partial charge in [0.25, 0.3) is 0 Å². The molecule has 2 heterocycles. The van der Waals surface area contributed by atoms with Crippen LogP contribution in [0.25, 0.3) is 0 Å². The molecule has 0 aliphatic heterocycles. The molecule has 1 N–H and O–H groups in total. The number of aromatic nitrogens is 2. The minimum absolute atomic E-state index is 0.160. The first-order valence-corrected chi connectivity index (χ1v) is 6.28. The quantitative estimate of drug-likeness (QED) is 0.939. The summed E-state index contributed by atoms with van der Waals surface area (Å²) >= 11 is 5.17. The molecule has 2 rings (SSSR count). The normalized spacial score (nSPS) is 13.0. The summed E-state index contributed by atoms with van der Waals surface area (Å²) in [6.07, 6.45) is 3.78. The summed E-state index contributed by atoms with van der Waals surface area (Å²) in [6, 6.07) is 2.29. The summed E-state index contributed by atoms with van der Waals surface area (Å²) in [5.74, 6) is 1.03. The van der Waals surface area contributed by atoms with Crippen LogP contribution in [-0.2, 0) is 7.05 Å². The molecule has 0 aliphatic rings. The first-order valence-electron chi connectivity index (χ1n) is 4.61. The summed E-state index contributed by atoms with van der Waals surface area (Å²) in [4.78, 5) is 4.36. The number of imidazole rings is 1. The highest BCUT2D eigenvalue weighted by atomic mass is 79.9. The molecule has 0 saturated carbocycles. The van der Waals surface area contributed by atoms with Gasteiger partial charge in [-0.15, -0.1) is 11.3 Å². The largest absolute Gasteiger partial charge is 0.336 e. The summed E-state index contributed by atoms with van der Waals surface area (Å²) in [6.45, 7) is 0. The van der Waals surface area contributed by atoms with E-state index < -0.39 is 0 Å². The Kier molecular flexibility index (Phi) is 3.23. The second kappa shape index (κ2) is 4.47. The summed E-state index contributed by atoms with van der Waals surface area (Å²) in [7, 11) is 3.96. The molecule has 80 valence electrons. The van der Waals surface area contributed by atoms with Crippen molar-refractivity contribution in [2.75, 3.05) is 7.05 Å². The van der Waals surface area contributed by atoms with Gasteiger partial charge in [-0.3, -0.25) is 0 Å². The van der Waals surface area contributed by atoms with Gasteiger partial charge in [0.05, 0.1) is 9.83 Å². The molecule has 0 aliphatic carbocycles. The molecule has 0 saturated heterocycles. The number of halogens is 1. The minimum atomic E-state index is 0.160. The average Bonchev–Trinajstić information content (AvgIpc) is 2.79. The minimum Gasteiger partial charge on any atom is -0.336 e. The van der Waals surface area contributed by atoms with Crippen LogP contribution < -0.4 is 5.32 Å². The number of nitrogens with one attached hydrogen (secondary N) is 1. The molecule has 1 atom stereocenters. The van der Waals surface area contributed by atoms with Gasteiger partial charge in [0.1, 0.15) is 5.82 Å². The van der Waals surface area contributed by atoms with Crippen molar-refractivity contribution in [2.24, 2.45) is 7.05 Å². The highest BCUT2D eigenvalue weighted by Crippen LogP contribution is 2.28. The van der Waals surface area contributed by atoms with Crippen molar-refractivity contribution in [3.05, 3.63) is 39.0 Å². The first-order chi connectivity index (χ1) is 7.22. The molecule has 1 unspecified atom stereocenters. The summed E-state index contributed by atoms with van der Waals surface area (Å²) in [5, 5.41) is 5.42. The van der Waals surface area contributed by atoms with Gasteiger partial charge in [-0.05, 0) is 40.0 Å². The number of rotatable bonds is 3. The van der Waals surface area contributed by atoms with E-state index in [9.17, 15) is 0 Å². The molecule has 5 heteroatoms. The van der Waals surface area contributed by atoms with E-state index in [1.54, 1.807) is 11.3 Å². The first kappa shape index (κ1) is 10.9. The molecule has 0 fully saturated rings. The van der Waals surface area contributed by atoms with Gasteiger partial charge < -0.3 is 9.88 Å². The predicted octanol–water partition coefficient (Wildman–Crippen LogP) is 2.55. The molecule has 2 aromatic heterocycles. The molecular formula is C10H12BrN3S. The fourth-order valence-electron chi connectivity index (χ4n) is 1.57. The number of hydrogen-bond acceptors (Lipinski definition) is 3. The lowest BCUT2D eigenvalue weighted by Crippen LogP contribution is -2.20. The lowest BCUT2D eigenvalue weighted by Gasteiger charge is -2.14. The zero-order chi connectivity index (χ0) is 10.8. The van der Waals surface area contributed by atoms with E-state index in [2.05, 4.69) is 37.7 Å². The molecule has 0 aromatic carbocycles. The van der Waals surface area contributed by atoms with E-state index in [4.69, 9.17) is 0 Å². The van der Waals surface area contributed by atoms with E-state index >= 15 is 0 Å². The van der Waals surface area contributed by atoms with Crippen molar-refractivity contribution < 1.29 is 0 Å². The van der Waals surface area contributed by atoms with Crippen molar-refractivity contribution in [3.63, 3.8) is 0 Å². The second-order valence-electron chi connectivity index (χ2n) is 3.30. The van der Waals surface area contributed by atoms with Gasteiger partial charge in [0.15, 0.2) is 0 Å². The zero-order valence-corrected chi connectivity index (χ0v) is 11.0. The highest BCUT2D eigenvalue weighted by Gasteiger charge is 2.17. The van der Waals surface area contributed by atoms with Gasteiger partial charge in [-0.25, -0.2) is 4.98 Å². The SMILES string of the molecule is CNC(c1csc(Br)c1)c1nccn1C. The van der Waals surface area contributed by atoms with Gasteiger partial charge in [0.2, 0.25) is 0 Å². The molecule has 0 radical (unpaired) electrons. The third kappa shape index (κ3) is 2.14. The fourth-order valence-corrected chi connectivity index (χ4v) is 2.78. The Morgan fingerprint density at radius 3 is 2.87 bits per heavy atom. The van der Waals surface area contributed by atoms with E-state index in [0.717, 1.165) is 9.61 Å². The van der Waals surface area contributed by atoms with Gasteiger partial charge >= 0.3 is 0 Å². The Morgan fingerprint density at radius 1 is 1.60 bits per heavy atom. The van der Waals surface area contributed by atoms with Crippen LogP contribution in [0.4, 0.5) is 0 Å². The molecule has 0 amide bonds. The van der Waals surface area contributed by atoms with Crippen molar-refractivity contribution in [1.29, 1.82) is 0 Å². The van der Waals surface area contributed by atoms with Crippen LogP contribution in [0.1, 0.15) is 17.4 Å². The van der Waals surface area contributed by atoms with E-state index in [1.807, 2.05) is 31.1 Å². The van der Waals surface area contributed by atoms with Crippen LogP contribution in [0.15, 0.2) is 27.6 Å². The average molecular weight is 286 g/mol. The van der Waals surface area contributed by atoms with Gasteiger partial charge in [-0.1, -0.05) is 0 Å². The number of nitrogens with zero attached hydrogens (tertiary/aromatic N) is 2. The summed E-state index contributed by atoms with van der Waals surface area (Å²) < 4.78 is 3.18. The lowest BCUT2D eigenvalue weighted by atomic mass is 10.1. The van der Waals surface area contributed by atoms with E-state index in [1.165, 1.54) is 5.56 Å². The maximum atomic E-state index is 4.36. The zero-order valence-electron chi connectivity index (χ0n) is 8.57. The second-order valence-corrected chi connectivity index (χ2v) is 5.59. The standard InChI is InChI=1S/C10H12BrN3S/c1-12-9(7-5-8(11)15-6-7)10-13-3-4-14(10)2/h3-6,9,12H,1-2H3. The summed E-state index contributed by atoms with van der Waals surface area (Å²) in [5.41, 5.74) is 1.24. The molecular weight excluding hydrogens is 274 g/mol. The smallest absolute Gasteiger partial charge is 0.130 e. The van der Waals surface area contributed by atoms with Crippen molar-refractivity contribution in [1.82, 2.24) is 14.9 Å². The van der Waals surface area contributed by atoms with Crippen LogP contribution in [0.3, 0.4) is 0 Å². The molecule has 0 bridgehead atoms. The Morgan fingerprint density at radius 2 is 2.40 bits per heavy atom. The molecule has 2 aromatic rings. The van der Waals surface area contributed by atoms with Crippen molar-refractivity contribution in [3.8, 4) is 0 Å². The fraction of sp³-hybridized carbons (Fsp3) is 0.300. The van der Waals surface area contributed by atoms with E-state index in [-0.39, 0.29) is 6.04 Å². The Hall–Kier alpha value is -0.650. The van der Waals surface area contributed by atoms with Crippen molar-refractivity contribution >= 4 is 27.3 Å². The molecule has 3 nitrogen and oxygen atoms in total. The molecule has 15 heavy (non-hydrogen) atoms. The van der Waals surface area contributed by atoms with Crippen LogP contribution in [-0.4, -0.2) is 16.6 Å². The highest BCUT2D eigenvalue weighted by molar-refractivity contribution is 9.11.